The first kappa shape index (κ1) is 16.7. The SMILES string of the molecule is CCC(C)NC(=O)c1cc(=O)[nH]c(Cc2ccc(OC)cc2)n1. The Bertz CT molecular complexity index is 723. The number of nitrogens with zero attached hydrogens (tertiary/aromatic N) is 1. The number of carbonyl (C=O) groups is 1. The van der Waals surface area contributed by atoms with E-state index in [0.29, 0.717) is 12.2 Å². The Morgan fingerprint density at radius 3 is 2.65 bits per heavy atom. The molecule has 0 bridgehead atoms. The quantitative estimate of drug-likeness (QED) is 0.852. The summed E-state index contributed by atoms with van der Waals surface area (Å²) in [6.45, 7) is 3.88. The van der Waals surface area contributed by atoms with Gasteiger partial charge >= 0.3 is 0 Å². The van der Waals surface area contributed by atoms with Crippen LogP contribution in [0, 0.1) is 0 Å². The maximum absolute atomic E-state index is 12.1. The number of hydrogen-bond donors (Lipinski definition) is 2. The van der Waals surface area contributed by atoms with Crippen LogP contribution in [-0.4, -0.2) is 29.0 Å². The third-order valence-electron chi connectivity index (χ3n) is 3.54. The standard InChI is InChI=1S/C17H21N3O3/c1-4-11(2)18-17(22)14-10-16(21)20-15(19-14)9-12-5-7-13(23-3)8-6-12/h5-8,10-11H,4,9H2,1-3H3,(H,18,22)(H,19,20,21). The number of methoxy groups -OCH3 is 1. The summed E-state index contributed by atoms with van der Waals surface area (Å²) < 4.78 is 5.11. The average molecular weight is 315 g/mol. The number of H-pyrrole nitrogens is 1. The van der Waals surface area contributed by atoms with Gasteiger partial charge in [-0.05, 0) is 31.0 Å². The molecule has 2 aromatic rings. The van der Waals surface area contributed by atoms with Crippen LogP contribution in [0.25, 0.3) is 0 Å². The molecule has 23 heavy (non-hydrogen) atoms. The zero-order valence-corrected chi connectivity index (χ0v) is 13.6. The van der Waals surface area contributed by atoms with E-state index in [-0.39, 0.29) is 23.2 Å². The monoisotopic (exact) mass is 315 g/mol. The number of hydrogen-bond acceptors (Lipinski definition) is 4. The number of rotatable bonds is 6. The van der Waals surface area contributed by atoms with Gasteiger partial charge in [0.2, 0.25) is 0 Å². The van der Waals surface area contributed by atoms with Gasteiger partial charge in [0.15, 0.2) is 0 Å². The van der Waals surface area contributed by atoms with Crippen LogP contribution < -0.4 is 15.6 Å². The lowest BCUT2D eigenvalue weighted by atomic mass is 10.1. The van der Waals surface area contributed by atoms with E-state index in [4.69, 9.17) is 4.74 Å². The van der Waals surface area contributed by atoms with Gasteiger partial charge in [-0.3, -0.25) is 9.59 Å². The molecule has 2 N–H and O–H groups in total. The molecule has 0 saturated heterocycles. The van der Waals surface area contributed by atoms with Gasteiger partial charge in [0, 0.05) is 18.5 Å². The second-order valence-corrected chi connectivity index (χ2v) is 5.38. The van der Waals surface area contributed by atoms with Crippen molar-refractivity contribution in [2.75, 3.05) is 7.11 Å². The minimum Gasteiger partial charge on any atom is -0.497 e. The van der Waals surface area contributed by atoms with E-state index in [2.05, 4.69) is 15.3 Å². The molecule has 0 radical (unpaired) electrons. The number of aromatic amines is 1. The molecule has 1 amide bonds. The molecule has 1 heterocycles. The van der Waals surface area contributed by atoms with Crippen LogP contribution in [-0.2, 0) is 6.42 Å². The molecule has 0 aliphatic carbocycles. The van der Waals surface area contributed by atoms with Gasteiger partial charge in [-0.25, -0.2) is 4.98 Å². The van der Waals surface area contributed by atoms with Crippen molar-refractivity contribution in [3.63, 3.8) is 0 Å². The van der Waals surface area contributed by atoms with Gasteiger partial charge in [0.1, 0.15) is 17.3 Å². The number of ether oxygens (including phenoxy) is 1. The molecule has 0 saturated carbocycles. The molecule has 1 unspecified atom stereocenters. The van der Waals surface area contributed by atoms with E-state index in [1.54, 1.807) is 7.11 Å². The summed E-state index contributed by atoms with van der Waals surface area (Å²) in [5, 5.41) is 2.81. The maximum atomic E-state index is 12.1. The third kappa shape index (κ3) is 4.67. The number of nitrogens with one attached hydrogen (secondary N) is 2. The molecule has 6 heteroatoms. The van der Waals surface area contributed by atoms with E-state index in [0.717, 1.165) is 17.7 Å². The van der Waals surface area contributed by atoms with E-state index < -0.39 is 0 Å². The van der Waals surface area contributed by atoms with Gasteiger partial charge in [0.05, 0.1) is 7.11 Å². The predicted molar refractivity (Wildman–Crippen MR) is 87.9 cm³/mol. The highest BCUT2D eigenvalue weighted by Crippen LogP contribution is 2.13. The summed E-state index contributed by atoms with van der Waals surface area (Å²) in [6, 6.07) is 8.72. The zero-order valence-electron chi connectivity index (χ0n) is 13.6. The van der Waals surface area contributed by atoms with Crippen LogP contribution in [0.4, 0.5) is 0 Å². The van der Waals surface area contributed by atoms with Crippen LogP contribution in [0.3, 0.4) is 0 Å². The smallest absolute Gasteiger partial charge is 0.270 e. The molecule has 2 rings (SSSR count). The van der Waals surface area contributed by atoms with E-state index >= 15 is 0 Å². The van der Waals surface area contributed by atoms with Crippen molar-refractivity contribution in [3.8, 4) is 5.75 Å². The normalized spacial score (nSPS) is 11.8. The van der Waals surface area contributed by atoms with Gasteiger partial charge in [-0.2, -0.15) is 0 Å². The topological polar surface area (TPSA) is 84.1 Å². The first-order chi connectivity index (χ1) is 11.0. The highest BCUT2D eigenvalue weighted by molar-refractivity contribution is 5.92. The second-order valence-electron chi connectivity index (χ2n) is 5.38. The summed E-state index contributed by atoms with van der Waals surface area (Å²) in [6.07, 6.45) is 1.25. The Labute approximate surface area is 134 Å². The predicted octanol–water partition coefficient (Wildman–Crippen LogP) is 1.90. The Balaban J connectivity index is 2.19. The first-order valence-electron chi connectivity index (χ1n) is 7.56. The van der Waals surface area contributed by atoms with Gasteiger partial charge < -0.3 is 15.0 Å². The molecule has 0 aliphatic rings. The molecule has 1 atom stereocenters. The van der Waals surface area contributed by atoms with Crippen LogP contribution >= 0.6 is 0 Å². The van der Waals surface area contributed by atoms with Crippen molar-refractivity contribution in [1.82, 2.24) is 15.3 Å². The molecule has 1 aromatic heterocycles. The highest BCUT2D eigenvalue weighted by Gasteiger charge is 2.12. The molecule has 6 nitrogen and oxygen atoms in total. The van der Waals surface area contributed by atoms with E-state index in [1.807, 2.05) is 38.1 Å². The number of carbonyl (C=O) groups excluding carboxylic acids is 1. The lowest BCUT2D eigenvalue weighted by Gasteiger charge is -2.11. The van der Waals surface area contributed by atoms with Crippen molar-refractivity contribution in [2.45, 2.75) is 32.7 Å². The summed E-state index contributed by atoms with van der Waals surface area (Å²) >= 11 is 0. The minimum absolute atomic E-state index is 0.0358. The third-order valence-corrected chi connectivity index (χ3v) is 3.54. The van der Waals surface area contributed by atoms with Crippen LogP contribution in [0.15, 0.2) is 35.1 Å². The van der Waals surface area contributed by atoms with E-state index in [1.165, 1.54) is 6.07 Å². The number of benzene rings is 1. The first-order valence-corrected chi connectivity index (χ1v) is 7.56. The van der Waals surface area contributed by atoms with E-state index in [9.17, 15) is 9.59 Å². The van der Waals surface area contributed by atoms with Crippen molar-refractivity contribution < 1.29 is 9.53 Å². The lowest BCUT2D eigenvalue weighted by Crippen LogP contribution is -2.33. The second kappa shape index (κ2) is 7.58. The van der Waals surface area contributed by atoms with Gasteiger partial charge in [-0.15, -0.1) is 0 Å². The highest BCUT2D eigenvalue weighted by atomic mass is 16.5. The van der Waals surface area contributed by atoms with Crippen molar-refractivity contribution >= 4 is 5.91 Å². The largest absolute Gasteiger partial charge is 0.497 e. The molecule has 0 aliphatic heterocycles. The summed E-state index contributed by atoms with van der Waals surface area (Å²) in [5.41, 5.74) is 0.767. The van der Waals surface area contributed by atoms with Crippen molar-refractivity contribution in [1.29, 1.82) is 0 Å². The van der Waals surface area contributed by atoms with Crippen LogP contribution in [0.2, 0.25) is 0 Å². The van der Waals surface area contributed by atoms with Crippen LogP contribution in [0.1, 0.15) is 42.1 Å². The average Bonchev–Trinajstić information content (AvgIpc) is 2.54. The van der Waals surface area contributed by atoms with Gasteiger partial charge in [0.25, 0.3) is 11.5 Å². The van der Waals surface area contributed by atoms with Gasteiger partial charge in [-0.1, -0.05) is 19.1 Å². The Hall–Kier alpha value is -2.63. The van der Waals surface area contributed by atoms with Crippen molar-refractivity contribution in [2.24, 2.45) is 0 Å². The Morgan fingerprint density at radius 2 is 2.04 bits per heavy atom. The van der Waals surface area contributed by atoms with Crippen molar-refractivity contribution in [3.05, 3.63) is 57.8 Å². The fraction of sp³-hybridized carbons (Fsp3) is 0.353. The summed E-state index contributed by atoms with van der Waals surface area (Å²) in [5.74, 6) is 0.885. The Morgan fingerprint density at radius 1 is 1.35 bits per heavy atom. The maximum Gasteiger partial charge on any atom is 0.270 e. The summed E-state index contributed by atoms with van der Waals surface area (Å²) in [7, 11) is 1.60. The zero-order chi connectivity index (χ0) is 16.8. The molecule has 1 aromatic carbocycles. The molecule has 0 fully saturated rings. The minimum atomic E-state index is -0.335. The number of amides is 1. The molecular formula is C17H21N3O3. The van der Waals surface area contributed by atoms with Crippen LogP contribution in [0.5, 0.6) is 5.75 Å². The summed E-state index contributed by atoms with van der Waals surface area (Å²) in [4.78, 5) is 30.8. The number of aromatic nitrogens is 2. The lowest BCUT2D eigenvalue weighted by molar-refractivity contribution is 0.0933. The Kier molecular flexibility index (Phi) is 5.51. The molecule has 0 spiro atoms. The fourth-order valence-electron chi connectivity index (χ4n) is 2.04. The fourth-order valence-corrected chi connectivity index (χ4v) is 2.04. The molecular weight excluding hydrogens is 294 g/mol. The molecule has 122 valence electrons.